The molecular formula is C21H17ClFN5OS. The molecule has 6 nitrogen and oxygen atoms in total. The number of anilines is 1. The zero-order valence-electron chi connectivity index (χ0n) is 15.7. The fourth-order valence-corrected chi connectivity index (χ4v) is 3.80. The number of carbonyl (C=O) groups is 1. The predicted octanol–water partition coefficient (Wildman–Crippen LogP) is 4.51. The number of carbonyl (C=O) groups excluding carboxylic acids is 1. The van der Waals surface area contributed by atoms with Gasteiger partial charge < -0.3 is 5.32 Å². The van der Waals surface area contributed by atoms with Crippen molar-refractivity contribution < 1.29 is 9.18 Å². The molecule has 0 aliphatic carbocycles. The van der Waals surface area contributed by atoms with E-state index in [1.165, 1.54) is 30.0 Å². The van der Waals surface area contributed by atoms with Gasteiger partial charge in [-0.15, -0.1) is 10.2 Å². The first-order valence-corrected chi connectivity index (χ1v) is 10.5. The number of rotatable bonds is 7. The third-order valence-electron chi connectivity index (χ3n) is 4.24. The highest BCUT2D eigenvalue weighted by Crippen LogP contribution is 2.22. The van der Waals surface area contributed by atoms with Crippen LogP contribution in [0.5, 0.6) is 0 Å². The zero-order valence-corrected chi connectivity index (χ0v) is 17.3. The van der Waals surface area contributed by atoms with Crippen molar-refractivity contribution in [2.75, 3.05) is 11.1 Å². The van der Waals surface area contributed by atoms with Crippen molar-refractivity contribution >= 4 is 35.0 Å². The number of benzene rings is 2. The van der Waals surface area contributed by atoms with Crippen LogP contribution in [0.15, 0.2) is 78.2 Å². The molecule has 0 saturated heterocycles. The highest BCUT2D eigenvalue weighted by Gasteiger charge is 2.16. The predicted molar refractivity (Wildman–Crippen MR) is 115 cm³/mol. The van der Waals surface area contributed by atoms with Gasteiger partial charge in [0.05, 0.1) is 10.8 Å². The van der Waals surface area contributed by atoms with Crippen LogP contribution in [0.1, 0.15) is 11.4 Å². The zero-order chi connectivity index (χ0) is 20.9. The Morgan fingerprint density at radius 2 is 1.83 bits per heavy atom. The van der Waals surface area contributed by atoms with Crippen LogP contribution in [-0.2, 0) is 11.2 Å². The molecular weight excluding hydrogens is 425 g/mol. The molecule has 0 radical (unpaired) electrons. The van der Waals surface area contributed by atoms with Gasteiger partial charge >= 0.3 is 0 Å². The number of halogens is 2. The molecule has 0 aliphatic heterocycles. The van der Waals surface area contributed by atoms with E-state index in [0.29, 0.717) is 17.3 Å². The van der Waals surface area contributed by atoms with Crippen LogP contribution >= 0.6 is 23.4 Å². The lowest BCUT2D eigenvalue weighted by Gasteiger charge is -2.11. The number of hydrogen-bond donors (Lipinski definition) is 1. The Morgan fingerprint density at radius 3 is 2.57 bits per heavy atom. The quantitative estimate of drug-likeness (QED) is 0.429. The van der Waals surface area contributed by atoms with E-state index in [1.54, 1.807) is 0 Å². The topological polar surface area (TPSA) is 64.7 Å². The van der Waals surface area contributed by atoms with Crippen LogP contribution < -0.4 is 5.32 Å². The Hall–Kier alpha value is -3.10. The molecule has 1 amide bonds. The van der Waals surface area contributed by atoms with E-state index in [9.17, 15) is 9.18 Å². The van der Waals surface area contributed by atoms with Gasteiger partial charge in [-0.25, -0.2) is 9.07 Å². The van der Waals surface area contributed by atoms with Gasteiger partial charge in [0.15, 0.2) is 5.82 Å². The Bertz CT molecular complexity index is 1150. The minimum atomic E-state index is -0.533. The Balaban J connectivity index is 1.49. The lowest BCUT2D eigenvalue weighted by Crippen LogP contribution is -2.16. The summed E-state index contributed by atoms with van der Waals surface area (Å²) in [6, 6.07) is 17.9. The molecule has 2 aromatic carbocycles. The van der Waals surface area contributed by atoms with Gasteiger partial charge in [0.1, 0.15) is 5.82 Å². The monoisotopic (exact) mass is 441 g/mol. The maximum absolute atomic E-state index is 13.3. The van der Waals surface area contributed by atoms with Crippen molar-refractivity contribution in [2.24, 2.45) is 0 Å². The first-order valence-electron chi connectivity index (χ1n) is 9.10. The van der Waals surface area contributed by atoms with E-state index >= 15 is 0 Å². The molecule has 30 heavy (non-hydrogen) atoms. The number of thioether (sulfide) groups is 1. The van der Waals surface area contributed by atoms with E-state index in [0.717, 1.165) is 11.4 Å². The molecule has 0 unspecified atom stereocenters. The van der Waals surface area contributed by atoms with Crippen molar-refractivity contribution in [3.05, 3.63) is 95.3 Å². The third kappa shape index (κ3) is 4.72. The number of amides is 1. The normalized spacial score (nSPS) is 10.9. The number of nitrogens with one attached hydrogen (secondary N) is 1. The van der Waals surface area contributed by atoms with Gasteiger partial charge in [0, 0.05) is 24.5 Å². The summed E-state index contributed by atoms with van der Waals surface area (Å²) in [7, 11) is 0. The minimum absolute atomic E-state index is 0.0432. The van der Waals surface area contributed by atoms with Gasteiger partial charge in [0.2, 0.25) is 11.1 Å². The van der Waals surface area contributed by atoms with Gasteiger partial charge in [0.25, 0.3) is 0 Å². The summed E-state index contributed by atoms with van der Waals surface area (Å²) in [5.74, 6) is 0.0782. The standard InChI is InChI=1S/C21H17ClFN5OS/c22-17-13-16(8-9-18(17)23)24-20(29)14-30-21-26-25-19(12-15-6-2-1-3-7-15)28(21)27-10-4-5-11-27/h1-11,13H,12,14H2,(H,24,29). The van der Waals surface area contributed by atoms with Crippen molar-refractivity contribution in [3.63, 3.8) is 0 Å². The molecule has 0 bridgehead atoms. The number of nitrogens with zero attached hydrogens (tertiary/aromatic N) is 4. The maximum Gasteiger partial charge on any atom is 0.234 e. The van der Waals surface area contributed by atoms with Crippen molar-refractivity contribution in [2.45, 2.75) is 11.6 Å². The SMILES string of the molecule is O=C(CSc1nnc(Cc2ccccc2)n1-n1cccc1)Nc1ccc(F)c(Cl)c1. The van der Waals surface area contributed by atoms with Crippen molar-refractivity contribution in [1.82, 2.24) is 19.5 Å². The molecule has 0 spiro atoms. The van der Waals surface area contributed by atoms with Crippen LogP contribution in [0.25, 0.3) is 0 Å². The minimum Gasteiger partial charge on any atom is -0.325 e. The van der Waals surface area contributed by atoms with E-state index < -0.39 is 5.82 Å². The first-order chi connectivity index (χ1) is 14.6. The van der Waals surface area contributed by atoms with Crippen LogP contribution in [0, 0.1) is 5.82 Å². The highest BCUT2D eigenvalue weighted by molar-refractivity contribution is 7.99. The average Bonchev–Trinajstić information content (AvgIpc) is 3.40. The second-order valence-electron chi connectivity index (χ2n) is 6.40. The molecule has 0 atom stereocenters. The van der Waals surface area contributed by atoms with Crippen molar-refractivity contribution in [1.29, 1.82) is 0 Å². The molecule has 0 fully saturated rings. The van der Waals surface area contributed by atoms with E-state index in [2.05, 4.69) is 15.5 Å². The van der Waals surface area contributed by atoms with E-state index in [1.807, 2.05) is 64.2 Å². The molecule has 2 aromatic heterocycles. The third-order valence-corrected chi connectivity index (χ3v) is 5.45. The summed E-state index contributed by atoms with van der Waals surface area (Å²) in [4.78, 5) is 12.3. The highest BCUT2D eigenvalue weighted by atomic mass is 35.5. The van der Waals surface area contributed by atoms with Crippen LogP contribution in [-0.4, -0.2) is 31.2 Å². The fourth-order valence-electron chi connectivity index (χ4n) is 2.87. The molecule has 0 saturated carbocycles. The summed E-state index contributed by atoms with van der Waals surface area (Å²) in [6.07, 6.45) is 4.39. The van der Waals surface area contributed by atoms with Crippen LogP contribution in [0.2, 0.25) is 5.02 Å². The van der Waals surface area contributed by atoms with Crippen molar-refractivity contribution in [3.8, 4) is 0 Å². The Kier molecular flexibility index (Phi) is 6.15. The van der Waals surface area contributed by atoms with Crippen LogP contribution in [0.3, 0.4) is 0 Å². The number of hydrogen-bond acceptors (Lipinski definition) is 4. The number of aromatic nitrogens is 4. The Labute approximate surface area is 181 Å². The summed E-state index contributed by atoms with van der Waals surface area (Å²) >= 11 is 7.02. The molecule has 152 valence electrons. The molecule has 2 heterocycles. The molecule has 9 heteroatoms. The molecule has 4 aromatic rings. The fraction of sp³-hybridized carbons (Fsp3) is 0.0952. The van der Waals surface area contributed by atoms with Gasteiger partial charge in [-0.1, -0.05) is 53.7 Å². The van der Waals surface area contributed by atoms with Crippen LogP contribution in [0.4, 0.5) is 10.1 Å². The lowest BCUT2D eigenvalue weighted by molar-refractivity contribution is -0.113. The average molecular weight is 442 g/mol. The summed E-state index contributed by atoms with van der Waals surface area (Å²) in [6.45, 7) is 0. The Morgan fingerprint density at radius 1 is 1.07 bits per heavy atom. The second-order valence-corrected chi connectivity index (χ2v) is 7.75. The van der Waals surface area contributed by atoms with E-state index in [4.69, 9.17) is 11.6 Å². The largest absolute Gasteiger partial charge is 0.325 e. The second kappa shape index (κ2) is 9.15. The molecule has 0 aliphatic rings. The van der Waals surface area contributed by atoms with Gasteiger partial charge in [-0.3, -0.25) is 9.47 Å². The summed E-state index contributed by atoms with van der Waals surface area (Å²) < 4.78 is 17.0. The lowest BCUT2D eigenvalue weighted by atomic mass is 10.1. The smallest absolute Gasteiger partial charge is 0.234 e. The summed E-state index contributed by atoms with van der Waals surface area (Å²) in [5.41, 5.74) is 1.55. The van der Waals surface area contributed by atoms with E-state index in [-0.39, 0.29) is 16.7 Å². The van der Waals surface area contributed by atoms with Gasteiger partial charge in [-0.2, -0.15) is 0 Å². The maximum atomic E-state index is 13.3. The summed E-state index contributed by atoms with van der Waals surface area (Å²) in [5, 5.41) is 11.9. The molecule has 4 rings (SSSR count). The van der Waals surface area contributed by atoms with Gasteiger partial charge in [-0.05, 0) is 35.9 Å². The molecule has 1 N–H and O–H groups in total. The first kappa shape index (κ1) is 20.2.